The number of benzene rings is 9. The van der Waals surface area contributed by atoms with Crippen LogP contribution in [-0.4, -0.2) is 40.7 Å². The fraction of sp³-hybridized carbons (Fsp3) is 0.206. The SMILES string of the molecule is [2H]C([2H])([2H])N1CN(c2cccc(Oc3cccc(N4CN(c5ccc(N6CN(c7cccc(Oc8cccc(N9CN(C)c%10cc(C)c(C)cc%109)c8)c7)c7cc(C)c(C)cc76)cc5)c5cc(C)c(C)cc54)c3)c2)c2cc(C)c(C)cc21. The molecule has 10 heteroatoms. The monoisotopic (exact) mass is 1030 g/mol. The van der Waals surface area contributed by atoms with Crippen molar-refractivity contribution in [3.63, 3.8) is 0 Å². The number of aryl methyl sites for hydroxylation is 8. The summed E-state index contributed by atoms with van der Waals surface area (Å²) in [6.07, 6.45) is 0. The molecule has 9 aromatic carbocycles. The molecule has 4 aliphatic rings. The lowest BCUT2D eigenvalue weighted by Gasteiger charge is -2.25. The summed E-state index contributed by atoms with van der Waals surface area (Å²) >= 11 is 0. The van der Waals surface area contributed by atoms with Crippen molar-refractivity contribution >= 4 is 79.6 Å². The molecule has 0 amide bonds. The van der Waals surface area contributed by atoms with E-state index < -0.39 is 6.98 Å². The van der Waals surface area contributed by atoms with Crippen molar-refractivity contribution in [3.05, 3.63) is 214 Å². The van der Waals surface area contributed by atoms with Gasteiger partial charge in [-0.25, -0.2) is 0 Å². The van der Waals surface area contributed by atoms with Crippen molar-refractivity contribution in [1.82, 2.24) is 0 Å². The van der Waals surface area contributed by atoms with Crippen LogP contribution < -0.4 is 48.7 Å². The number of rotatable bonds is 10. The highest BCUT2D eigenvalue weighted by Gasteiger charge is 2.33. The standard InChI is InChI=1S/C68H66N8O2/c1-43-27-61-63(29-45(43)3)71(39-69(61)9)53-15-11-19-57(35-53)77-59-21-13-17-55(37-59)75-41-73(65-31-47(5)49(7)33-67(65)75)51-23-25-52(26-24-51)74-42-76(68-34-50(8)48(6)32-66(68)74)56-18-14-22-60(38-56)78-58-20-12-16-54(36-58)72-40-70(10)62-28-44(2)46(4)30-64(62)72/h11-38H,39-42H2,1-10H3/i9D3. The third-order valence-electron chi connectivity index (χ3n) is 16.5. The van der Waals surface area contributed by atoms with Crippen LogP contribution in [0.5, 0.6) is 23.0 Å². The second kappa shape index (κ2) is 18.9. The largest absolute Gasteiger partial charge is 0.457 e. The average molecular weight is 1030 g/mol. The van der Waals surface area contributed by atoms with Crippen LogP contribution in [0.3, 0.4) is 0 Å². The van der Waals surface area contributed by atoms with Crippen LogP contribution in [0, 0.1) is 55.4 Å². The van der Waals surface area contributed by atoms with E-state index in [9.17, 15) is 0 Å². The number of hydrogen-bond acceptors (Lipinski definition) is 10. The molecule has 0 aromatic heterocycles. The Hall–Kier alpha value is -9.02. The van der Waals surface area contributed by atoms with Crippen LogP contribution in [0.25, 0.3) is 0 Å². The molecule has 0 fully saturated rings. The van der Waals surface area contributed by atoms with E-state index in [1.54, 1.807) is 0 Å². The summed E-state index contributed by atoms with van der Waals surface area (Å²) in [6.45, 7) is 17.1. The van der Waals surface area contributed by atoms with Gasteiger partial charge < -0.3 is 48.7 Å². The van der Waals surface area contributed by atoms with Crippen molar-refractivity contribution in [2.45, 2.75) is 55.4 Å². The van der Waals surface area contributed by atoms with Crippen molar-refractivity contribution in [2.75, 3.05) is 79.9 Å². The Bertz CT molecular complexity index is 3970. The van der Waals surface area contributed by atoms with Gasteiger partial charge in [-0.2, -0.15) is 0 Å². The average Bonchev–Trinajstić information content (AvgIpc) is 4.27. The maximum Gasteiger partial charge on any atom is 0.129 e. The van der Waals surface area contributed by atoms with E-state index in [1.165, 1.54) is 49.7 Å². The van der Waals surface area contributed by atoms with Crippen LogP contribution >= 0.6 is 0 Å². The van der Waals surface area contributed by atoms with Gasteiger partial charge in [-0.15, -0.1) is 0 Å². The van der Waals surface area contributed by atoms with Crippen LogP contribution in [0.2, 0.25) is 0 Å². The minimum absolute atomic E-state index is 0.209. The zero-order chi connectivity index (χ0) is 56.2. The van der Waals surface area contributed by atoms with E-state index in [1.807, 2.05) is 61.5 Å². The first-order chi connectivity index (χ1) is 38.9. The topological polar surface area (TPSA) is 44.4 Å². The summed E-state index contributed by atoms with van der Waals surface area (Å²) in [4.78, 5) is 17.8. The quantitative estimate of drug-likeness (QED) is 0.132. The van der Waals surface area contributed by atoms with Crippen molar-refractivity contribution in [2.24, 2.45) is 0 Å². The summed E-state index contributed by atoms with van der Waals surface area (Å²) in [5.41, 5.74) is 24.5. The Balaban J connectivity index is 0.741. The fourth-order valence-electron chi connectivity index (χ4n) is 11.5. The highest BCUT2D eigenvalue weighted by atomic mass is 16.5. The lowest BCUT2D eigenvalue weighted by atomic mass is 10.1. The number of ether oxygens (including phenoxy) is 2. The molecule has 10 nitrogen and oxygen atoms in total. The van der Waals surface area contributed by atoms with Gasteiger partial charge in [0.25, 0.3) is 0 Å². The normalized spacial score (nSPS) is 15.1. The number of anilines is 14. The van der Waals surface area contributed by atoms with Gasteiger partial charge in [0.05, 0.1) is 58.8 Å². The van der Waals surface area contributed by atoms with Gasteiger partial charge in [-0.05, 0) is 221 Å². The van der Waals surface area contributed by atoms with E-state index >= 15 is 0 Å². The lowest BCUT2D eigenvalue weighted by Crippen LogP contribution is -2.25. The van der Waals surface area contributed by atoms with Gasteiger partial charge in [0, 0.05) is 76.5 Å². The predicted octanol–water partition coefficient (Wildman–Crippen LogP) is 17.3. The molecule has 0 radical (unpaired) electrons. The Morgan fingerprint density at radius 1 is 0.282 bits per heavy atom. The second-order valence-electron chi connectivity index (χ2n) is 21.7. The van der Waals surface area contributed by atoms with E-state index in [2.05, 4.69) is 205 Å². The molecule has 0 saturated carbocycles. The molecule has 78 heavy (non-hydrogen) atoms. The van der Waals surface area contributed by atoms with Gasteiger partial charge in [0.1, 0.15) is 36.3 Å². The number of nitrogens with zero attached hydrogens (tertiary/aromatic N) is 8. The third-order valence-corrected chi connectivity index (χ3v) is 16.5. The molecule has 0 unspecified atom stereocenters. The highest BCUT2D eigenvalue weighted by molar-refractivity contribution is 5.91. The second-order valence-corrected chi connectivity index (χ2v) is 21.7. The summed E-state index contributed by atoms with van der Waals surface area (Å²) in [6, 6.07) is 59.9. The van der Waals surface area contributed by atoms with Crippen LogP contribution in [0.15, 0.2) is 170 Å². The van der Waals surface area contributed by atoms with Crippen LogP contribution in [0.4, 0.5) is 79.6 Å². The smallest absolute Gasteiger partial charge is 0.129 e. The summed E-state index contributed by atoms with van der Waals surface area (Å²) < 4.78 is 38.3. The van der Waals surface area contributed by atoms with Gasteiger partial charge in [-0.1, -0.05) is 24.3 Å². The molecule has 9 aromatic rings. The Labute approximate surface area is 463 Å². The molecule has 13 rings (SSSR count). The van der Waals surface area contributed by atoms with Crippen molar-refractivity contribution in [3.8, 4) is 23.0 Å². The van der Waals surface area contributed by atoms with E-state index in [4.69, 9.17) is 13.6 Å². The molecule has 0 spiro atoms. The van der Waals surface area contributed by atoms with E-state index in [0.717, 1.165) is 91.9 Å². The van der Waals surface area contributed by atoms with Gasteiger partial charge in [0.15, 0.2) is 0 Å². The molecule has 4 heterocycles. The zero-order valence-electron chi connectivity index (χ0n) is 48.9. The van der Waals surface area contributed by atoms with Crippen molar-refractivity contribution in [1.29, 1.82) is 0 Å². The molecule has 4 aliphatic heterocycles. The maximum atomic E-state index is 8.31. The fourth-order valence-corrected chi connectivity index (χ4v) is 11.5. The molecule has 0 saturated heterocycles. The molecular formula is C68H66N8O2. The van der Waals surface area contributed by atoms with Gasteiger partial charge >= 0.3 is 0 Å². The highest BCUT2D eigenvalue weighted by Crippen LogP contribution is 2.50. The summed E-state index contributed by atoms with van der Waals surface area (Å²) in [5, 5.41) is 0. The number of hydrogen-bond donors (Lipinski definition) is 0. The molecule has 0 bridgehead atoms. The molecule has 0 aliphatic carbocycles. The Morgan fingerprint density at radius 2 is 0.526 bits per heavy atom. The molecule has 390 valence electrons. The van der Waals surface area contributed by atoms with E-state index in [0.29, 0.717) is 30.5 Å². The Kier molecular flexibility index (Phi) is 11.0. The van der Waals surface area contributed by atoms with E-state index in [-0.39, 0.29) is 6.67 Å². The van der Waals surface area contributed by atoms with Crippen LogP contribution in [0.1, 0.15) is 48.6 Å². The zero-order valence-corrected chi connectivity index (χ0v) is 45.9. The van der Waals surface area contributed by atoms with Crippen molar-refractivity contribution < 1.29 is 13.6 Å². The first-order valence-electron chi connectivity index (χ1n) is 28.4. The first-order valence-corrected chi connectivity index (χ1v) is 26.9. The maximum absolute atomic E-state index is 8.31. The summed E-state index contributed by atoms with van der Waals surface area (Å²) in [7, 11) is 2.15. The van der Waals surface area contributed by atoms with Gasteiger partial charge in [0.2, 0.25) is 0 Å². The first kappa shape index (κ1) is 45.2. The lowest BCUT2D eigenvalue weighted by molar-refractivity contribution is 0.482. The molecule has 0 N–H and O–H groups in total. The summed E-state index contributed by atoms with van der Waals surface area (Å²) in [5.74, 6) is 2.93. The predicted molar refractivity (Wildman–Crippen MR) is 325 cm³/mol. The Morgan fingerprint density at radius 3 is 0.833 bits per heavy atom. The number of fused-ring (bicyclic) bond motifs is 4. The molecule has 0 atom stereocenters. The van der Waals surface area contributed by atoms with Crippen LogP contribution in [-0.2, 0) is 0 Å². The molecular weight excluding hydrogens is 961 g/mol. The minimum Gasteiger partial charge on any atom is -0.457 e. The third kappa shape index (κ3) is 8.52. The van der Waals surface area contributed by atoms with Gasteiger partial charge in [-0.3, -0.25) is 0 Å². The minimum atomic E-state index is -2.28.